The first-order valence-electron chi connectivity index (χ1n) is 5.16. The molecule has 0 aliphatic rings. The highest BCUT2D eigenvalue weighted by Gasteiger charge is 2.24. The summed E-state index contributed by atoms with van der Waals surface area (Å²) in [5, 5.41) is 0. The third-order valence-corrected chi connectivity index (χ3v) is 4.47. The van der Waals surface area contributed by atoms with Crippen molar-refractivity contribution in [2.75, 3.05) is 0 Å². The number of rotatable bonds is 3. The van der Waals surface area contributed by atoms with Gasteiger partial charge in [0, 0.05) is 6.42 Å². The third-order valence-electron chi connectivity index (χ3n) is 2.47. The van der Waals surface area contributed by atoms with E-state index in [1.54, 1.807) is 0 Å². The van der Waals surface area contributed by atoms with Crippen LogP contribution in [0.15, 0.2) is 60.7 Å². The first-order chi connectivity index (χ1) is 7.68. The molecule has 0 heterocycles. The molecule has 0 nitrogen and oxygen atoms in total. The van der Waals surface area contributed by atoms with Gasteiger partial charge in [0.2, 0.25) is 0 Å². The summed E-state index contributed by atoms with van der Waals surface area (Å²) in [7, 11) is 0. The Hall–Kier alpha value is -0.1000. The SMILES string of the molecule is IC(I)(Cc1ccccc1)c1ccccc1. The van der Waals surface area contributed by atoms with Crippen LogP contribution >= 0.6 is 45.2 Å². The van der Waals surface area contributed by atoms with Crippen molar-refractivity contribution in [2.24, 2.45) is 0 Å². The van der Waals surface area contributed by atoms with Gasteiger partial charge >= 0.3 is 0 Å². The lowest BCUT2D eigenvalue weighted by Crippen LogP contribution is -2.12. The molecule has 2 aromatic carbocycles. The Bertz CT molecular complexity index is 435. The summed E-state index contributed by atoms with van der Waals surface area (Å²) in [5.41, 5.74) is 2.76. The Labute approximate surface area is 124 Å². The smallest absolute Gasteiger partial charge is 0.0622 e. The summed E-state index contributed by atoms with van der Waals surface area (Å²) in [4.78, 5) is 0. The molecule has 0 aromatic heterocycles. The molecule has 0 amide bonds. The summed E-state index contributed by atoms with van der Waals surface area (Å²) >= 11 is 5.06. The number of hydrogen-bond donors (Lipinski definition) is 0. The van der Waals surface area contributed by atoms with Crippen LogP contribution in [-0.2, 0) is 7.85 Å². The molecule has 2 rings (SSSR count). The number of alkyl halides is 2. The molecule has 0 N–H and O–H groups in total. The monoisotopic (exact) mass is 434 g/mol. The predicted molar refractivity (Wildman–Crippen MR) is 86.3 cm³/mol. The van der Waals surface area contributed by atoms with Crippen molar-refractivity contribution in [3.63, 3.8) is 0 Å². The first kappa shape index (κ1) is 12.4. The molecule has 2 aromatic rings. The van der Waals surface area contributed by atoms with E-state index in [2.05, 4.69) is 106 Å². The van der Waals surface area contributed by atoms with Gasteiger partial charge in [0.05, 0.1) is 0 Å². The molecular formula is C14H12I2. The maximum absolute atomic E-state index is 2.53. The van der Waals surface area contributed by atoms with Crippen LogP contribution in [0.5, 0.6) is 0 Å². The van der Waals surface area contributed by atoms with Crippen LogP contribution in [0.1, 0.15) is 11.1 Å². The predicted octanol–water partition coefficient (Wildman–Crippen LogP) is 4.95. The van der Waals surface area contributed by atoms with Crippen LogP contribution in [-0.4, -0.2) is 0 Å². The van der Waals surface area contributed by atoms with Gasteiger partial charge < -0.3 is 0 Å². The van der Waals surface area contributed by atoms with Crippen molar-refractivity contribution >= 4 is 45.2 Å². The fourth-order valence-corrected chi connectivity index (χ4v) is 3.24. The zero-order chi connectivity index (χ0) is 11.4. The lowest BCUT2D eigenvalue weighted by atomic mass is 10.0. The molecule has 0 aliphatic carbocycles. The third kappa shape index (κ3) is 3.20. The Morgan fingerprint density at radius 1 is 0.750 bits per heavy atom. The van der Waals surface area contributed by atoms with Crippen molar-refractivity contribution in [1.29, 1.82) is 0 Å². The average molecular weight is 434 g/mol. The van der Waals surface area contributed by atoms with Crippen LogP contribution < -0.4 is 0 Å². The number of benzene rings is 2. The number of halogens is 2. The normalized spacial score (nSPS) is 11.4. The highest BCUT2D eigenvalue weighted by atomic mass is 127. The van der Waals surface area contributed by atoms with E-state index in [1.807, 2.05) is 0 Å². The second-order valence-electron chi connectivity index (χ2n) is 3.73. The van der Waals surface area contributed by atoms with Crippen molar-refractivity contribution < 1.29 is 0 Å². The summed E-state index contributed by atoms with van der Waals surface area (Å²) in [6.45, 7) is 0. The molecule has 82 valence electrons. The first-order valence-corrected chi connectivity index (χ1v) is 7.31. The van der Waals surface area contributed by atoms with E-state index >= 15 is 0 Å². The summed E-state index contributed by atoms with van der Waals surface area (Å²) < 4.78 is 0.137. The lowest BCUT2D eigenvalue weighted by Gasteiger charge is -2.21. The fraction of sp³-hybridized carbons (Fsp3) is 0.143. The van der Waals surface area contributed by atoms with Gasteiger partial charge in [0.15, 0.2) is 0 Å². The highest BCUT2D eigenvalue weighted by molar-refractivity contribution is 14.2. The molecule has 0 spiro atoms. The quantitative estimate of drug-likeness (QED) is 0.474. The molecule has 0 aliphatic heterocycles. The minimum atomic E-state index is 0.137. The lowest BCUT2D eigenvalue weighted by molar-refractivity contribution is 0.937. The van der Waals surface area contributed by atoms with Gasteiger partial charge in [-0.25, -0.2) is 0 Å². The second kappa shape index (κ2) is 5.49. The Morgan fingerprint density at radius 3 is 1.81 bits per heavy atom. The standard InChI is InChI=1S/C14H12I2/c15-14(16,13-9-5-2-6-10-13)11-12-7-3-1-4-8-12/h1-10H,11H2. The Kier molecular flexibility index (Phi) is 4.24. The molecule has 0 atom stereocenters. The highest BCUT2D eigenvalue weighted by Crippen LogP contribution is 2.42. The van der Waals surface area contributed by atoms with Gasteiger partial charge in [-0.15, -0.1) is 0 Å². The van der Waals surface area contributed by atoms with Gasteiger partial charge in [0.1, 0.15) is 1.43 Å². The minimum absolute atomic E-state index is 0.137. The van der Waals surface area contributed by atoms with E-state index in [-0.39, 0.29) is 1.43 Å². The Morgan fingerprint density at radius 2 is 1.25 bits per heavy atom. The zero-order valence-electron chi connectivity index (χ0n) is 8.74. The molecule has 0 radical (unpaired) electrons. The van der Waals surface area contributed by atoms with Crippen LogP contribution in [0.3, 0.4) is 0 Å². The molecule has 0 bridgehead atoms. The van der Waals surface area contributed by atoms with Crippen LogP contribution in [0, 0.1) is 0 Å². The minimum Gasteiger partial charge on any atom is -0.0622 e. The van der Waals surface area contributed by atoms with Crippen molar-refractivity contribution in [1.82, 2.24) is 0 Å². The van der Waals surface area contributed by atoms with E-state index in [4.69, 9.17) is 0 Å². The van der Waals surface area contributed by atoms with E-state index in [0.717, 1.165) is 6.42 Å². The summed E-state index contributed by atoms with van der Waals surface area (Å²) in [5.74, 6) is 0. The van der Waals surface area contributed by atoms with E-state index in [9.17, 15) is 0 Å². The van der Waals surface area contributed by atoms with Gasteiger partial charge in [-0.1, -0.05) is 106 Å². The number of hydrogen-bond acceptors (Lipinski definition) is 0. The van der Waals surface area contributed by atoms with Crippen LogP contribution in [0.25, 0.3) is 0 Å². The van der Waals surface area contributed by atoms with Gasteiger partial charge in [0.25, 0.3) is 0 Å². The van der Waals surface area contributed by atoms with E-state index < -0.39 is 0 Å². The zero-order valence-corrected chi connectivity index (χ0v) is 13.1. The summed E-state index contributed by atoms with van der Waals surface area (Å²) in [6, 6.07) is 21.3. The largest absolute Gasteiger partial charge is 0.102 e. The van der Waals surface area contributed by atoms with Gasteiger partial charge in [-0.05, 0) is 11.1 Å². The molecule has 0 saturated heterocycles. The van der Waals surface area contributed by atoms with E-state index in [1.165, 1.54) is 11.1 Å². The topological polar surface area (TPSA) is 0 Å². The van der Waals surface area contributed by atoms with Crippen molar-refractivity contribution in [2.45, 2.75) is 7.85 Å². The maximum atomic E-state index is 2.53. The van der Waals surface area contributed by atoms with Gasteiger partial charge in [-0.2, -0.15) is 0 Å². The average Bonchev–Trinajstić information content (AvgIpc) is 2.31. The van der Waals surface area contributed by atoms with Crippen molar-refractivity contribution in [3.8, 4) is 0 Å². The molecule has 0 fully saturated rings. The van der Waals surface area contributed by atoms with E-state index in [0.29, 0.717) is 0 Å². The van der Waals surface area contributed by atoms with Crippen LogP contribution in [0.4, 0.5) is 0 Å². The molecule has 0 saturated carbocycles. The molecule has 0 unspecified atom stereocenters. The Balaban J connectivity index is 2.21. The van der Waals surface area contributed by atoms with Crippen molar-refractivity contribution in [3.05, 3.63) is 71.8 Å². The van der Waals surface area contributed by atoms with Gasteiger partial charge in [-0.3, -0.25) is 0 Å². The second-order valence-corrected chi connectivity index (χ2v) is 9.48. The maximum Gasteiger partial charge on any atom is 0.102 e. The summed E-state index contributed by atoms with van der Waals surface area (Å²) in [6.07, 6.45) is 1.05. The molecule has 2 heteroatoms. The molecule has 16 heavy (non-hydrogen) atoms. The molecular weight excluding hydrogens is 422 g/mol. The van der Waals surface area contributed by atoms with Crippen LogP contribution in [0.2, 0.25) is 0 Å². The fourth-order valence-electron chi connectivity index (χ4n) is 1.64.